The Bertz CT molecular complexity index is 930. The molecule has 0 fully saturated rings. The first kappa shape index (κ1) is 17.5. The van der Waals surface area contributed by atoms with Gasteiger partial charge in [0.05, 0.1) is 15.6 Å². The number of fused-ring (bicyclic) bond motifs is 1. The van der Waals surface area contributed by atoms with Crippen LogP contribution in [0, 0.1) is 0 Å². The minimum atomic E-state index is -4.44. The highest BCUT2D eigenvalue weighted by Gasteiger charge is 2.34. The van der Waals surface area contributed by atoms with Crippen molar-refractivity contribution >= 4 is 22.9 Å². The van der Waals surface area contributed by atoms with Crippen LogP contribution in [0.1, 0.15) is 21.7 Å². The van der Waals surface area contributed by atoms with Crippen molar-refractivity contribution in [2.75, 3.05) is 0 Å². The number of halogens is 4. The zero-order chi connectivity index (χ0) is 18.3. The van der Waals surface area contributed by atoms with E-state index in [-0.39, 0.29) is 0 Å². The number of rotatable bonds is 3. The van der Waals surface area contributed by atoms with E-state index in [0.29, 0.717) is 33.5 Å². The van der Waals surface area contributed by atoms with E-state index in [9.17, 15) is 13.2 Å². The summed E-state index contributed by atoms with van der Waals surface area (Å²) in [7, 11) is 0. The summed E-state index contributed by atoms with van der Waals surface area (Å²) in [5, 5.41) is -0.369. The summed E-state index contributed by atoms with van der Waals surface area (Å²) in [5.74, 6) is 0. The van der Waals surface area contributed by atoms with Crippen molar-refractivity contribution in [3.63, 3.8) is 0 Å². The van der Waals surface area contributed by atoms with E-state index in [1.165, 1.54) is 23.5 Å². The zero-order valence-corrected chi connectivity index (χ0v) is 15.0. The minimum Gasteiger partial charge on any atom is -0.291 e. The van der Waals surface area contributed by atoms with Crippen LogP contribution >= 0.6 is 22.9 Å². The van der Waals surface area contributed by atoms with Gasteiger partial charge in [-0.3, -0.25) is 9.88 Å². The lowest BCUT2D eigenvalue weighted by Gasteiger charge is -2.16. The van der Waals surface area contributed by atoms with Gasteiger partial charge in [0.25, 0.3) is 0 Å². The Morgan fingerprint density at radius 2 is 1.77 bits per heavy atom. The van der Waals surface area contributed by atoms with E-state index >= 15 is 0 Å². The van der Waals surface area contributed by atoms with Gasteiger partial charge in [-0.25, -0.2) is 4.98 Å². The van der Waals surface area contributed by atoms with E-state index < -0.39 is 11.2 Å². The summed E-state index contributed by atoms with van der Waals surface area (Å²) in [6.45, 7) is 2.25. The molecule has 4 rings (SSSR count). The molecule has 0 atom stereocenters. The average molecular weight is 396 g/mol. The molecule has 0 bridgehead atoms. The average Bonchev–Trinajstić information content (AvgIpc) is 3.22. The first-order valence-electron chi connectivity index (χ1n) is 7.87. The molecule has 0 aliphatic carbocycles. The predicted octanol–water partition coefficient (Wildman–Crippen LogP) is 5.39. The third-order valence-corrected chi connectivity index (χ3v) is 5.64. The number of alkyl halides is 3. The molecule has 0 amide bonds. The molecular formula is C18H13ClF3N3S. The third-order valence-electron chi connectivity index (χ3n) is 4.24. The van der Waals surface area contributed by atoms with Crippen molar-refractivity contribution in [2.45, 2.75) is 25.8 Å². The van der Waals surface area contributed by atoms with Crippen LogP contribution < -0.4 is 0 Å². The smallest absolute Gasteiger partial charge is 0.291 e. The molecule has 2 aromatic heterocycles. The highest BCUT2D eigenvalue weighted by atomic mass is 35.5. The Balaban J connectivity index is 1.57. The standard InChI is InChI=1S/C18H13ClF3N3S/c19-14-6-23-15(16-7-24-17(26-16)18(20,21)22)5-13(14)10-25-8-11-3-1-2-4-12(11)9-25/h1-7H,8-10H2. The number of aromatic nitrogens is 2. The summed E-state index contributed by atoms with van der Waals surface area (Å²) in [6.07, 6.45) is -1.75. The highest BCUT2D eigenvalue weighted by molar-refractivity contribution is 7.15. The largest absolute Gasteiger partial charge is 0.443 e. The first-order chi connectivity index (χ1) is 12.4. The fourth-order valence-corrected chi connectivity index (χ4v) is 3.93. The van der Waals surface area contributed by atoms with Gasteiger partial charge in [0.1, 0.15) is 0 Å². The lowest BCUT2D eigenvalue weighted by molar-refractivity contribution is -0.137. The van der Waals surface area contributed by atoms with Gasteiger partial charge >= 0.3 is 6.18 Å². The van der Waals surface area contributed by atoms with Crippen LogP contribution in [0.25, 0.3) is 10.6 Å². The molecule has 3 aromatic rings. The van der Waals surface area contributed by atoms with Crippen LogP contribution in [0.4, 0.5) is 13.2 Å². The molecule has 26 heavy (non-hydrogen) atoms. The van der Waals surface area contributed by atoms with Crippen molar-refractivity contribution in [3.8, 4) is 10.6 Å². The van der Waals surface area contributed by atoms with Gasteiger partial charge < -0.3 is 0 Å². The van der Waals surface area contributed by atoms with E-state index in [1.807, 2.05) is 12.1 Å². The second-order valence-corrected chi connectivity index (χ2v) is 7.54. The number of hydrogen-bond donors (Lipinski definition) is 0. The number of hydrogen-bond acceptors (Lipinski definition) is 4. The summed E-state index contributed by atoms with van der Waals surface area (Å²) >= 11 is 6.85. The molecule has 134 valence electrons. The predicted molar refractivity (Wildman–Crippen MR) is 94.8 cm³/mol. The Hall–Kier alpha value is -1.96. The van der Waals surface area contributed by atoms with Crippen LogP contribution in [0.2, 0.25) is 5.02 Å². The summed E-state index contributed by atoms with van der Waals surface area (Å²) in [4.78, 5) is 10.2. The second kappa shape index (κ2) is 6.64. The van der Waals surface area contributed by atoms with Crippen LogP contribution in [-0.2, 0) is 25.8 Å². The molecule has 8 heteroatoms. The maximum Gasteiger partial charge on any atom is 0.443 e. The highest BCUT2D eigenvalue weighted by Crippen LogP contribution is 2.36. The van der Waals surface area contributed by atoms with Crippen LogP contribution in [0.3, 0.4) is 0 Å². The van der Waals surface area contributed by atoms with Gasteiger partial charge in [-0.05, 0) is 22.8 Å². The Morgan fingerprint density at radius 3 is 2.38 bits per heavy atom. The van der Waals surface area contributed by atoms with Gasteiger partial charge in [-0.1, -0.05) is 35.9 Å². The maximum absolute atomic E-state index is 12.8. The molecule has 1 aliphatic rings. The van der Waals surface area contributed by atoms with Crippen molar-refractivity contribution in [2.24, 2.45) is 0 Å². The quantitative estimate of drug-likeness (QED) is 0.595. The number of pyridine rings is 1. The Labute approximate surface area is 157 Å². The second-order valence-electron chi connectivity index (χ2n) is 6.10. The lowest BCUT2D eigenvalue weighted by atomic mass is 10.1. The molecule has 3 nitrogen and oxygen atoms in total. The third kappa shape index (κ3) is 3.47. The molecular weight excluding hydrogens is 383 g/mol. The molecule has 1 aromatic carbocycles. The minimum absolute atomic E-state index is 0.375. The van der Waals surface area contributed by atoms with Gasteiger partial charge in [0, 0.05) is 32.0 Å². The fraction of sp³-hybridized carbons (Fsp3) is 0.222. The summed E-state index contributed by atoms with van der Waals surface area (Å²) < 4.78 is 38.3. The lowest BCUT2D eigenvalue weighted by Crippen LogP contribution is -2.16. The van der Waals surface area contributed by atoms with Crippen LogP contribution in [0.5, 0.6) is 0 Å². The molecule has 0 N–H and O–H groups in total. The van der Waals surface area contributed by atoms with Gasteiger partial charge in [-0.2, -0.15) is 13.2 Å². The van der Waals surface area contributed by atoms with E-state index in [0.717, 1.165) is 18.7 Å². The van der Waals surface area contributed by atoms with E-state index in [4.69, 9.17) is 11.6 Å². The SMILES string of the molecule is FC(F)(F)c1ncc(-c2cc(CN3Cc4ccccc4C3)c(Cl)cn2)s1. The number of nitrogens with zero attached hydrogens (tertiary/aromatic N) is 3. The van der Waals surface area contributed by atoms with Gasteiger partial charge in [0.2, 0.25) is 0 Å². The topological polar surface area (TPSA) is 29.0 Å². The molecule has 0 spiro atoms. The van der Waals surface area contributed by atoms with Crippen molar-refractivity contribution in [3.05, 3.63) is 69.4 Å². The first-order valence-corrected chi connectivity index (χ1v) is 9.06. The van der Waals surface area contributed by atoms with Crippen molar-refractivity contribution < 1.29 is 13.2 Å². The molecule has 0 saturated heterocycles. The number of benzene rings is 1. The maximum atomic E-state index is 12.8. The molecule has 0 radical (unpaired) electrons. The van der Waals surface area contributed by atoms with E-state index in [2.05, 4.69) is 27.0 Å². The van der Waals surface area contributed by atoms with Crippen LogP contribution in [-0.4, -0.2) is 14.9 Å². The summed E-state index contributed by atoms with van der Waals surface area (Å²) in [5.41, 5.74) is 3.87. The van der Waals surface area contributed by atoms with Crippen molar-refractivity contribution in [1.82, 2.24) is 14.9 Å². The molecule has 0 unspecified atom stereocenters. The normalized spacial score (nSPS) is 14.6. The fourth-order valence-electron chi connectivity index (χ4n) is 3.02. The van der Waals surface area contributed by atoms with Crippen LogP contribution in [0.15, 0.2) is 42.7 Å². The molecule has 0 saturated carbocycles. The van der Waals surface area contributed by atoms with Gasteiger partial charge in [-0.15, -0.1) is 11.3 Å². The number of thiazole rings is 1. The molecule has 3 heterocycles. The summed E-state index contributed by atoms with van der Waals surface area (Å²) in [6, 6.07) is 9.98. The van der Waals surface area contributed by atoms with E-state index in [1.54, 1.807) is 6.07 Å². The monoisotopic (exact) mass is 395 g/mol. The Morgan fingerprint density at radius 1 is 1.08 bits per heavy atom. The Kier molecular flexibility index (Phi) is 4.46. The van der Waals surface area contributed by atoms with Crippen molar-refractivity contribution in [1.29, 1.82) is 0 Å². The zero-order valence-electron chi connectivity index (χ0n) is 13.4. The van der Waals surface area contributed by atoms with Gasteiger partial charge in [0.15, 0.2) is 5.01 Å². The molecule has 1 aliphatic heterocycles.